The van der Waals surface area contributed by atoms with Crippen molar-refractivity contribution in [1.82, 2.24) is 5.32 Å². The lowest BCUT2D eigenvalue weighted by Crippen LogP contribution is -2.43. The van der Waals surface area contributed by atoms with Gasteiger partial charge in [0, 0.05) is 21.8 Å². The Balaban J connectivity index is 1.64. The van der Waals surface area contributed by atoms with Gasteiger partial charge in [-0.15, -0.1) is 0 Å². The highest BCUT2D eigenvalue weighted by atomic mass is 35.5. The topological polar surface area (TPSA) is 38.3 Å². The van der Waals surface area contributed by atoms with Crippen molar-refractivity contribution in [3.05, 3.63) is 41.4 Å². The summed E-state index contributed by atoms with van der Waals surface area (Å²) in [6, 6.07) is 11.7. The third-order valence-corrected chi connectivity index (χ3v) is 4.98. The molecule has 1 N–H and O–H groups in total. The molecule has 0 aromatic heterocycles. The van der Waals surface area contributed by atoms with Gasteiger partial charge in [-0.1, -0.05) is 55.6 Å². The van der Waals surface area contributed by atoms with Gasteiger partial charge in [0.15, 0.2) is 6.61 Å². The van der Waals surface area contributed by atoms with Crippen LogP contribution in [0.3, 0.4) is 0 Å². The van der Waals surface area contributed by atoms with Crippen molar-refractivity contribution in [1.29, 1.82) is 0 Å². The fourth-order valence-electron chi connectivity index (χ4n) is 3.28. The van der Waals surface area contributed by atoms with Crippen molar-refractivity contribution in [3.8, 4) is 5.75 Å². The predicted octanol–water partition coefficient (Wildman–Crippen LogP) is 4.57. The minimum Gasteiger partial charge on any atom is -0.483 e. The van der Waals surface area contributed by atoms with Crippen molar-refractivity contribution < 1.29 is 9.53 Å². The van der Waals surface area contributed by atoms with E-state index >= 15 is 0 Å². The lowest BCUT2D eigenvalue weighted by Gasteiger charge is -2.29. The lowest BCUT2D eigenvalue weighted by molar-refractivity contribution is -0.124. The smallest absolute Gasteiger partial charge is 0.258 e. The van der Waals surface area contributed by atoms with Gasteiger partial charge in [-0.05, 0) is 30.9 Å². The first-order chi connectivity index (χ1) is 11.1. The molecule has 0 saturated heterocycles. The molecule has 0 bridgehead atoms. The fourth-order valence-corrected chi connectivity index (χ4v) is 3.51. The van der Waals surface area contributed by atoms with Crippen LogP contribution in [0.1, 0.15) is 32.6 Å². The highest BCUT2D eigenvalue weighted by Crippen LogP contribution is 2.31. The van der Waals surface area contributed by atoms with E-state index < -0.39 is 0 Å². The summed E-state index contributed by atoms with van der Waals surface area (Å²) >= 11 is 6.20. The van der Waals surface area contributed by atoms with Crippen LogP contribution in [-0.4, -0.2) is 18.6 Å². The van der Waals surface area contributed by atoms with Crippen molar-refractivity contribution in [2.45, 2.75) is 38.6 Å². The molecule has 122 valence electrons. The number of benzene rings is 2. The summed E-state index contributed by atoms with van der Waals surface area (Å²) < 4.78 is 5.74. The van der Waals surface area contributed by atoms with Crippen molar-refractivity contribution in [2.24, 2.45) is 5.92 Å². The van der Waals surface area contributed by atoms with E-state index in [1.807, 2.05) is 30.3 Å². The number of carbonyl (C=O) groups is 1. The Labute approximate surface area is 142 Å². The van der Waals surface area contributed by atoms with E-state index in [-0.39, 0.29) is 18.6 Å². The van der Waals surface area contributed by atoms with Gasteiger partial charge < -0.3 is 10.1 Å². The van der Waals surface area contributed by atoms with Gasteiger partial charge in [-0.25, -0.2) is 0 Å². The van der Waals surface area contributed by atoms with Crippen LogP contribution in [0.15, 0.2) is 36.4 Å². The number of hydrogen-bond donors (Lipinski definition) is 1. The summed E-state index contributed by atoms with van der Waals surface area (Å²) in [5.74, 6) is 1.18. The minimum absolute atomic E-state index is 0.0366. The molecule has 3 rings (SSSR count). The Hall–Kier alpha value is -1.74. The zero-order valence-electron chi connectivity index (χ0n) is 13.3. The average Bonchev–Trinajstić information content (AvgIpc) is 2.57. The van der Waals surface area contributed by atoms with E-state index in [2.05, 4.69) is 12.2 Å². The lowest BCUT2D eigenvalue weighted by atomic mass is 9.86. The molecule has 3 nitrogen and oxygen atoms in total. The van der Waals surface area contributed by atoms with Gasteiger partial charge in [-0.3, -0.25) is 4.79 Å². The van der Waals surface area contributed by atoms with E-state index in [9.17, 15) is 4.79 Å². The Kier molecular flexibility index (Phi) is 5.06. The van der Waals surface area contributed by atoms with Crippen LogP contribution in [-0.2, 0) is 4.79 Å². The number of ether oxygens (including phenoxy) is 1. The second-order valence-corrected chi connectivity index (χ2v) is 6.72. The molecule has 2 aromatic rings. The van der Waals surface area contributed by atoms with Gasteiger partial charge in [-0.2, -0.15) is 0 Å². The normalized spacial score (nSPS) is 21.1. The minimum atomic E-state index is -0.0530. The van der Waals surface area contributed by atoms with E-state index in [0.29, 0.717) is 16.7 Å². The summed E-state index contributed by atoms with van der Waals surface area (Å²) in [7, 11) is 0. The first-order valence-corrected chi connectivity index (χ1v) is 8.62. The number of carbonyl (C=O) groups excluding carboxylic acids is 1. The van der Waals surface area contributed by atoms with Gasteiger partial charge >= 0.3 is 0 Å². The van der Waals surface area contributed by atoms with Gasteiger partial charge in [0.1, 0.15) is 5.75 Å². The fraction of sp³-hybridized carbons (Fsp3) is 0.421. The Morgan fingerprint density at radius 3 is 2.70 bits per heavy atom. The number of halogens is 1. The molecular weight excluding hydrogens is 310 g/mol. The van der Waals surface area contributed by atoms with E-state index in [1.54, 1.807) is 6.07 Å². The maximum atomic E-state index is 12.2. The van der Waals surface area contributed by atoms with E-state index in [4.69, 9.17) is 16.3 Å². The number of amides is 1. The molecule has 2 atom stereocenters. The Morgan fingerprint density at radius 1 is 1.17 bits per heavy atom. The van der Waals surface area contributed by atoms with Crippen LogP contribution in [0, 0.1) is 5.92 Å². The number of nitrogens with one attached hydrogen (secondary N) is 1. The third-order valence-electron chi connectivity index (χ3n) is 4.65. The molecule has 0 unspecified atom stereocenters. The molecule has 1 aliphatic rings. The molecule has 0 radical (unpaired) electrons. The average molecular weight is 332 g/mol. The van der Waals surface area contributed by atoms with Crippen LogP contribution in [0.4, 0.5) is 0 Å². The Bertz CT molecular complexity index is 701. The molecule has 4 heteroatoms. The molecule has 0 heterocycles. The molecule has 1 amide bonds. The highest BCUT2D eigenvalue weighted by Gasteiger charge is 2.22. The predicted molar refractivity (Wildman–Crippen MR) is 94.0 cm³/mol. The number of fused-ring (bicyclic) bond motifs is 1. The van der Waals surface area contributed by atoms with Gasteiger partial charge in [0.2, 0.25) is 0 Å². The largest absolute Gasteiger partial charge is 0.483 e. The van der Waals surface area contributed by atoms with Crippen molar-refractivity contribution in [3.63, 3.8) is 0 Å². The summed E-state index contributed by atoms with van der Waals surface area (Å²) in [6.45, 7) is 2.24. The molecule has 1 fully saturated rings. The standard InChI is InChI=1S/C19H22ClNO2/c1-13-6-2-5-9-17(13)21-19(22)12-23-18-11-10-16(20)14-7-3-4-8-15(14)18/h3-4,7-8,10-11,13,17H,2,5-6,9,12H2,1H3,(H,21,22)/t13-,17+/m1/s1. The summed E-state index contributed by atoms with van der Waals surface area (Å²) in [5, 5.41) is 5.66. The first-order valence-electron chi connectivity index (χ1n) is 8.24. The van der Waals surface area contributed by atoms with E-state index in [1.165, 1.54) is 19.3 Å². The summed E-state index contributed by atoms with van der Waals surface area (Å²) in [6.07, 6.45) is 4.71. The summed E-state index contributed by atoms with van der Waals surface area (Å²) in [5.41, 5.74) is 0. The third kappa shape index (κ3) is 3.78. The first kappa shape index (κ1) is 16.1. The summed E-state index contributed by atoms with van der Waals surface area (Å²) in [4.78, 5) is 12.2. The van der Waals surface area contributed by atoms with Crippen LogP contribution in [0.2, 0.25) is 5.02 Å². The second-order valence-electron chi connectivity index (χ2n) is 6.32. The Morgan fingerprint density at radius 2 is 1.91 bits per heavy atom. The van der Waals surface area contributed by atoms with Crippen LogP contribution in [0.5, 0.6) is 5.75 Å². The van der Waals surface area contributed by atoms with Crippen LogP contribution in [0.25, 0.3) is 10.8 Å². The molecule has 0 aliphatic heterocycles. The SMILES string of the molecule is C[C@@H]1CCCC[C@@H]1NC(=O)COc1ccc(Cl)c2ccccc12. The van der Waals surface area contributed by atoms with Gasteiger partial charge in [0.05, 0.1) is 0 Å². The highest BCUT2D eigenvalue weighted by molar-refractivity contribution is 6.35. The number of rotatable bonds is 4. The molecule has 0 spiro atoms. The van der Waals surface area contributed by atoms with Crippen LogP contribution < -0.4 is 10.1 Å². The van der Waals surface area contributed by atoms with E-state index in [0.717, 1.165) is 17.2 Å². The van der Waals surface area contributed by atoms with Crippen molar-refractivity contribution >= 4 is 28.3 Å². The molecule has 1 saturated carbocycles. The monoisotopic (exact) mass is 331 g/mol. The molecule has 2 aromatic carbocycles. The zero-order valence-corrected chi connectivity index (χ0v) is 14.1. The molecular formula is C19H22ClNO2. The quantitative estimate of drug-likeness (QED) is 0.891. The number of hydrogen-bond acceptors (Lipinski definition) is 2. The van der Waals surface area contributed by atoms with Crippen molar-refractivity contribution in [2.75, 3.05) is 6.61 Å². The second kappa shape index (κ2) is 7.22. The zero-order chi connectivity index (χ0) is 16.2. The molecule has 1 aliphatic carbocycles. The van der Waals surface area contributed by atoms with Gasteiger partial charge in [0.25, 0.3) is 5.91 Å². The maximum absolute atomic E-state index is 12.2. The molecule has 23 heavy (non-hydrogen) atoms. The maximum Gasteiger partial charge on any atom is 0.258 e. The van der Waals surface area contributed by atoms with Crippen LogP contribution >= 0.6 is 11.6 Å².